The van der Waals surface area contributed by atoms with E-state index in [-0.39, 0.29) is 12.5 Å². The Morgan fingerprint density at radius 3 is 2.68 bits per heavy atom. The minimum Gasteiger partial charge on any atom is -0.376 e. The number of carbonyl (C=O) groups is 3. The lowest BCUT2D eigenvalue weighted by atomic mass is 9.99. The molecule has 1 fully saturated rings. The maximum atomic E-state index is 12.6. The van der Waals surface area contributed by atoms with E-state index in [1.54, 1.807) is 12.1 Å². The van der Waals surface area contributed by atoms with E-state index < -0.39 is 11.9 Å². The van der Waals surface area contributed by atoms with Gasteiger partial charge in [0.15, 0.2) is 0 Å². The summed E-state index contributed by atoms with van der Waals surface area (Å²) < 4.78 is 0. The molecule has 3 N–H and O–H groups in total. The zero-order chi connectivity index (χ0) is 18.4. The van der Waals surface area contributed by atoms with E-state index in [1.807, 2.05) is 17.9 Å². The maximum absolute atomic E-state index is 12.6. The average Bonchev–Trinajstić information content (AvgIpc) is 2.59. The fourth-order valence-electron chi connectivity index (χ4n) is 2.96. The van der Waals surface area contributed by atoms with Crippen molar-refractivity contribution in [2.45, 2.75) is 26.7 Å². The Morgan fingerprint density at radius 1 is 1.28 bits per heavy atom. The van der Waals surface area contributed by atoms with Crippen LogP contribution in [0.15, 0.2) is 18.2 Å². The number of hydrogen-bond acceptors (Lipinski definition) is 4. The van der Waals surface area contributed by atoms with E-state index in [0.29, 0.717) is 11.5 Å². The number of aryl methyl sites for hydroxylation is 1. The molecule has 7 heteroatoms. The van der Waals surface area contributed by atoms with Gasteiger partial charge in [-0.2, -0.15) is 0 Å². The summed E-state index contributed by atoms with van der Waals surface area (Å²) in [6.45, 7) is 5.64. The summed E-state index contributed by atoms with van der Waals surface area (Å²) >= 11 is 0. The number of imide groups is 1. The summed E-state index contributed by atoms with van der Waals surface area (Å²) in [7, 11) is 1.44. The van der Waals surface area contributed by atoms with Gasteiger partial charge in [-0.15, -0.1) is 0 Å². The van der Waals surface area contributed by atoms with Crippen LogP contribution in [0.2, 0.25) is 0 Å². The number of urea groups is 1. The van der Waals surface area contributed by atoms with Crippen LogP contribution in [0.4, 0.5) is 10.5 Å². The quantitative estimate of drug-likeness (QED) is 0.774. The molecule has 2 rings (SSSR count). The molecular weight excluding hydrogens is 320 g/mol. The van der Waals surface area contributed by atoms with Gasteiger partial charge in [-0.25, -0.2) is 4.79 Å². The van der Waals surface area contributed by atoms with Gasteiger partial charge in [-0.05, 0) is 49.4 Å². The van der Waals surface area contributed by atoms with Crippen LogP contribution >= 0.6 is 0 Å². The average molecular weight is 346 g/mol. The normalized spacial score (nSPS) is 16.9. The van der Waals surface area contributed by atoms with Crippen molar-refractivity contribution in [1.82, 2.24) is 15.5 Å². The molecule has 1 atom stereocenters. The van der Waals surface area contributed by atoms with E-state index in [9.17, 15) is 14.4 Å². The van der Waals surface area contributed by atoms with Gasteiger partial charge >= 0.3 is 6.03 Å². The minimum absolute atomic E-state index is 0.0226. The van der Waals surface area contributed by atoms with Gasteiger partial charge in [0, 0.05) is 31.4 Å². The molecule has 1 aromatic rings. The van der Waals surface area contributed by atoms with Crippen molar-refractivity contribution in [1.29, 1.82) is 0 Å². The molecule has 1 unspecified atom stereocenters. The second-order valence-electron chi connectivity index (χ2n) is 6.51. The number of likely N-dealkylation sites (tertiary alicyclic amines) is 1. The number of anilines is 1. The second kappa shape index (κ2) is 8.50. The Labute approximate surface area is 148 Å². The predicted octanol–water partition coefficient (Wildman–Crippen LogP) is 1.73. The molecule has 25 heavy (non-hydrogen) atoms. The molecule has 1 saturated heterocycles. The first kappa shape index (κ1) is 18.8. The van der Waals surface area contributed by atoms with Gasteiger partial charge < -0.3 is 15.5 Å². The van der Waals surface area contributed by atoms with Crippen molar-refractivity contribution in [2.24, 2.45) is 5.92 Å². The highest BCUT2D eigenvalue weighted by molar-refractivity contribution is 5.97. The lowest BCUT2D eigenvalue weighted by molar-refractivity contribution is -0.118. The van der Waals surface area contributed by atoms with Gasteiger partial charge in [0.25, 0.3) is 5.91 Å². The van der Waals surface area contributed by atoms with E-state index in [1.165, 1.54) is 13.5 Å². The van der Waals surface area contributed by atoms with Crippen molar-refractivity contribution in [3.8, 4) is 0 Å². The Bertz CT molecular complexity index is 660. The van der Waals surface area contributed by atoms with Crippen LogP contribution in [0.1, 0.15) is 35.7 Å². The van der Waals surface area contributed by atoms with Crippen molar-refractivity contribution >= 4 is 23.5 Å². The Balaban J connectivity index is 1.96. The third-order valence-corrected chi connectivity index (χ3v) is 4.34. The van der Waals surface area contributed by atoms with E-state index >= 15 is 0 Å². The predicted molar refractivity (Wildman–Crippen MR) is 96.6 cm³/mol. The molecule has 0 radical (unpaired) electrons. The van der Waals surface area contributed by atoms with E-state index in [4.69, 9.17) is 0 Å². The molecule has 0 spiro atoms. The van der Waals surface area contributed by atoms with Crippen molar-refractivity contribution in [3.63, 3.8) is 0 Å². The monoisotopic (exact) mass is 346 g/mol. The molecular formula is C18H26N4O3. The third-order valence-electron chi connectivity index (χ3n) is 4.34. The van der Waals surface area contributed by atoms with Gasteiger partial charge in [-0.3, -0.25) is 14.9 Å². The summed E-state index contributed by atoms with van der Waals surface area (Å²) in [5, 5.41) is 7.48. The Hall–Kier alpha value is -2.57. The highest BCUT2D eigenvalue weighted by Gasteiger charge is 2.22. The van der Waals surface area contributed by atoms with Crippen LogP contribution in [-0.2, 0) is 4.79 Å². The molecule has 0 bridgehead atoms. The number of rotatable bonds is 4. The van der Waals surface area contributed by atoms with Crippen LogP contribution in [0.5, 0.6) is 0 Å². The molecule has 1 aliphatic rings. The smallest absolute Gasteiger partial charge is 0.321 e. The SMILES string of the molecule is CNC(=O)NC(=O)CNc1ccc(C(=O)N2CCCC(C)C2)cc1C. The molecule has 136 valence electrons. The number of nitrogens with one attached hydrogen (secondary N) is 3. The lowest BCUT2D eigenvalue weighted by Gasteiger charge is -2.31. The number of benzene rings is 1. The van der Waals surface area contributed by atoms with Gasteiger partial charge in [0.1, 0.15) is 0 Å². The van der Waals surface area contributed by atoms with Crippen molar-refractivity contribution < 1.29 is 14.4 Å². The van der Waals surface area contributed by atoms with E-state index in [2.05, 4.69) is 22.9 Å². The lowest BCUT2D eigenvalue weighted by Crippen LogP contribution is -2.40. The zero-order valence-electron chi connectivity index (χ0n) is 15.0. The summed E-state index contributed by atoms with van der Waals surface area (Å²) in [5.41, 5.74) is 2.30. The van der Waals surface area contributed by atoms with Gasteiger partial charge in [0.2, 0.25) is 5.91 Å². The van der Waals surface area contributed by atoms with E-state index in [0.717, 1.165) is 30.8 Å². The number of amides is 4. The Kier molecular flexibility index (Phi) is 6.38. The summed E-state index contributed by atoms with van der Waals surface area (Å²) in [4.78, 5) is 37.2. The third kappa shape index (κ3) is 5.20. The summed E-state index contributed by atoms with van der Waals surface area (Å²) in [6.07, 6.45) is 2.22. The highest BCUT2D eigenvalue weighted by atomic mass is 16.2. The van der Waals surface area contributed by atoms with Crippen LogP contribution < -0.4 is 16.0 Å². The molecule has 7 nitrogen and oxygen atoms in total. The first-order valence-corrected chi connectivity index (χ1v) is 8.56. The Morgan fingerprint density at radius 2 is 2.04 bits per heavy atom. The van der Waals surface area contributed by atoms with Crippen molar-refractivity contribution in [3.05, 3.63) is 29.3 Å². The largest absolute Gasteiger partial charge is 0.376 e. The van der Waals surface area contributed by atoms with Crippen LogP contribution in [0.3, 0.4) is 0 Å². The number of piperidine rings is 1. The molecule has 1 aliphatic heterocycles. The zero-order valence-corrected chi connectivity index (χ0v) is 15.0. The first-order chi connectivity index (χ1) is 11.9. The minimum atomic E-state index is -0.541. The van der Waals surface area contributed by atoms with Crippen LogP contribution in [-0.4, -0.2) is 49.4 Å². The maximum Gasteiger partial charge on any atom is 0.321 e. The highest BCUT2D eigenvalue weighted by Crippen LogP contribution is 2.21. The summed E-state index contributed by atoms with van der Waals surface area (Å²) in [6, 6.07) is 4.86. The molecule has 0 saturated carbocycles. The number of nitrogens with zero attached hydrogens (tertiary/aromatic N) is 1. The fraction of sp³-hybridized carbons (Fsp3) is 0.500. The molecule has 1 heterocycles. The van der Waals surface area contributed by atoms with Gasteiger partial charge in [0.05, 0.1) is 6.54 Å². The molecule has 0 aromatic heterocycles. The van der Waals surface area contributed by atoms with Crippen LogP contribution in [0.25, 0.3) is 0 Å². The number of hydrogen-bond donors (Lipinski definition) is 3. The number of carbonyl (C=O) groups excluding carboxylic acids is 3. The molecule has 1 aromatic carbocycles. The van der Waals surface area contributed by atoms with Crippen molar-refractivity contribution in [2.75, 3.05) is 32.0 Å². The molecule has 4 amide bonds. The topological polar surface area (TPSA) is 90.5 Å². The van der Waals surface area contributed by atoms with Crippen LogP contribution in [0, 0.1) is 12.8 Å². The first-order valence-electron chi connectivity index (χ1n) is 8.56. The standard InChI is InChI=1S/C18H26N4O3/c1-12-5-4-8-22(11-12)17(24)14-6-7-15(13(2)9-14)20-10-16(23)21-18(25)19-3/h6-7,9,12,20H,4-5,8,10-11H2,1-3H3,(H2,19,21,23,25). The second-order valence-corrected chi connectivity index (χ2v) is 6.51. The fourth-order valence-corrected chi connectivity index (χ4v) is 2.96. The summed E-state index contributed by atoms with van der Waals surface area (Å²) in [5.74, 6) is 0.165. The van der Waals surface area contributed by atoms with Gasteiger partial charge in [-0.1, -0.05) is 6.92 Å². The molecule has 0 aliphatic carbocycles.